The molecule has 0 unspecified atom stereocenters. The molecule has 27 heavy (non-hydrogen) atoms. The van der Waals surface area contributed by atoms with Crippen molar-refractivity contribution < 1.29 is 9.47 Å². The Kier molecular flexibility index (Phi) is 6.32. The highest BCUT2D eigenvalue weighted by Gasteiger charge is 2.11. The number of rotatable bonds is 7. The van der Waals surface area contributed by atoms with E-state index in [1.54, 1.807) is 30.7 Å². The lowest BCUT2D eigenvalue weighted by Gasteiger charge is -2.11. The Hall–Kier alpha value is -2.57. The summed E-state index contributed by atoms with van der Waals surface area (Å²) in [5.74, 6) is 1.11. The minimum absolute atomic E-state index is 0.481. The van der Waals surface area contributed by atoms with Crippen LogP contribution < -0.4 is 14.9 Å². The minimum Gasteiger partial charge on any atom is -0.493 e. The molecule has 1 heterocycles. The van der Waals surface area contributed by atoms with Gasteiger partial charge in [-0.15, -0.1) is 11.3 Å². The van der Waals surface area contributed by atoms with Crippen molar-refractivity contribution >= 4 is 34.3 Å². The summed E-state index contributed by atoms with van der Waals surface area (Å²) in [6, 6.07) is 13.7. The lowest BCUT2D eigenvalue weighted by molar-refractivity contribution is 0.311. The van der Waals surface area contributed by atoms with Crippen LogP contribution in [0, 0.1) is 6.92 Å². The van der Waals surface area contributed by atoms with Crippen molar-refractivity contribution in [3.8, 4) is 22.8 Å². The summed E-state index contributed by atoms with van der Waals surface area (Å²) in [5.41, 5.74) is 5.83. The van der Waals surface area contributed by atoms with Crippen LogP contribution in [0.4, 0.5) is 5.13 Å². The topological polar surface area (TPSA) is 55.7 Å². The number of nitrogens with zero attached hydrogens (tertiary/aromatic N) is 2. The molecular weight excluding hydrogens is 382 g/mol. The number of hydrogen-bond acceptors (Lipinski definition) is 6. The number of nitrogens with one attached hydrogen (secondary N) is 1. The van der Waals surface area contributed by atoms with Crippen molar-refractivity contribution in [3.05, 3.63) is 57.9 Å². The van der Waals surface area contributed by atoms with E-state index in [0.717, 1.165) is 26.8 Å². The van der Waals surface area contributed by atoms with Gasteiger partial charge < -0.3 is 9.47 Å². The van der Waals surface area contributed by atoms with Gasteiger partial charge in [-0.3, -0.25) is 5.43 Å². The van der Waals surface area contributed by atoms with Crippen molar-refractivity contribution in [2.75, 3.05) is 19.1 Å². The molecular formula is C20H20ClN3O2S. The SMILES string of the molecule is CCOc1c(Cl)cc(/C=N\Nc2nc(-c3ccccc3)c(C)s2)cc1OC. The van der Waals surface area contributed by atoms with Gasteiger partial charge >= 0.3 is 0 Å². The smallest absolute Gasteiger partial charge is 0.204 e. The number of aromatic nitrogens is 1. The summed E-state index contributed by atoms with van der Waals surface area (Å²) in [4.78, 5) is 5.75. The van der Waals surface area contributed by atoms with E-state index in [-0.39, 0.29) is 0 Å². The summed E-state index contributed by atoms with van der Waals surface area (Å²) in [6.07, 6.45) is 1.67. The third-order valence-corrected chi connectivity index (χ3v) is 4.91. The van der Waals surface area contributed by atoms with Crippen LogP contribution in [0.15, 0.2) is 47.6 Å². The number of hydrogen-bond donors (Lipinski definition) is 1. The molecule has 0 fully saturated rings. The van der Waals surface area contributed by atoms with E-state index in [1.807, 2.05) is 50.2 Å². The molecule has 3 aromatic rings. The van der Waals surface area contributed by atoms with Crippen LogP contribution in [0.1, 0.15) is 17.4 Å². The van der Waals surface area contributed by atoms with Gasteiger partial charge in [0.15, 0.2) is 11.5 Å². The fourth-order valence-corrected chi connectivity index (χ4v) is 3.63. The molecule has 1 N–H and O–H groups in total. The monoisotopic (exact) mass is 401 g/mol. The molecule has 0 aliphatic rings. The molecule has 0 amide bonds. The highest BCUT2D eigenvalue weighted by molar-refractivity contribution is 7.15. The van der Waals surface area contributed by atoms with E-state index in [4.69, 9.17) is 21.1 Å². The zero-order valence-electron chi connectivity index (χ0n) is 15.3. The van der Waals surface area contributed by atoms with Crippen LogP contribution in [-0.4, -0.2) is 24.9 Å². The first-order valence-corrected chi connectivity index (χ1v) is 9.64. The minimum atomic E-state index is 0.481. The molecule has 3 rings (SSSR count). The first kappa shape index (κ1) is 19.2. The Morgan fingerprint density at radius 2 is 2.04 bits per heavy atom. The van der Waals surface area contributed by atoms with Crippen LogP contribution in [0.3, 0.4) is 0 Å². The number of ether oxygens (including phenoxy) is 2. The van der Waals surface area contributed by atoms with Crippen LogP contribution in [-0.2, 0) is 0 Å². The van der Waals surface area contributed by atoms with Gasteiger partial charge in [-0.2, -0.15) is 5.10 Å². The third kappa shape index (κ3) is 4.59. The normalized spacial score (nSPS) is 11.0. The highest BCUT2D eigenvalue weighted by atomic mass is 35.5. The Morgan fingerprint density at radius 3 is 2.74 bits per heavy atom. The highest BCUT2D eigenvalue weighted by Crippen LogP contribution is 2.36. The maximum absolute atomic E-state index is 6.28. The number of benzene rings is 2. The largest absolute Gasteiger partial charge is 0.493 e. The molecule has 0 radical (unpaired) electrons. The Balaban J connectivity index is 1.76. The van der Waals surface area contributed by atoms with E-state index in [9.17, 15) is 0 Å². The molecule has 0 aliphatic heterocycles. The van der Waals surface area contributed by atoms with Crippen molar-refractivity contribution in [1.82, 2.24) is 4.98 Å². The number of methoxy groups -OCH3 is 1. The average molecular weight is 402 g/mol. The van der Waals surface area contributed by atoms with Crippen LogP contribution in [0.2, 0.25) is 5.02 Å². The van der Waals surface area contributed by atoms with Crippen molar-refractivity contribution in [2.45, 2.75) is 13.8 Å². The number of anilines is 1. The van der Waals surface area contributed by atoms with Gasteiger partial charge in [0, 0.05) is 10.4 Å². The zero-order valence-corrected chi connectivity index (χ0v) is 16.9. The van der Waals surface area contributed by atoms with Gasteiger partial charge in [0.25, 0.3) is 0 Å². The molecule has 0 aliphatic carbocycles. The van der Waals surface area contributed by atoms with Crippen molar-refractivity contribution in [3.63, 3.8) is 0 Å². The number of thiazole rings is 1. The van der Waals surface area contributed by atoms with Crippen molar-refractivity contribution in [1.29, 1.82) is 0 Å². The van der Waals surface area contributed by atoms with E-state index in [0.29, 0.717) is 23.1 Å². The van der Waals surface area contributed by atoms with Crippen LogP contribution in [0.25, 0.3) is 11.3 Å². The van der Waals surface area contributed by atoms with Gasteiger partial charge in [0.2, 0.25) is 5.13 Å². The first-order chi connectivity index (χ1) is 13.1. The second-order valence-electron chi connectivity index (χ2n) is 5.63. The van der Waals surface area contributed by atoms with Gasteiger partial charge in [-0.25, -0.2) is 4.98 Å². The predicted molar refractivity (Wildman–Crippen MR) is 113 cm³/mol. The molecule has 1 aromatic heterocycles. The van der Waals surface area contributed by atoms with E-state index in [2.05, 4.69) is 15.5 Å². The van der Waals surface area contributed by atoms with Crippen molar-refractivity contribution in [2.24, 2.45) is 5.10 Å². The molecule has 140 valence electrons. The van der Waals surface area contributed by atoms with E-state index in [1.165, 1.54) is 0 Å². The van der Waals surface area contributed by atoms with Crippen LogP contribution in [0.5, 0.6) is 11.5 Å². The number of hydrazone groups is 1. The predicted octanol–water partition coefficient (Wildman–Crippen LogP) is 5.63. The fraction of sp³-hybridized carbons (Fsp3) is 0.200. The van der Waals surface area contributed by atoms with Gasteiger partial charge in [0.1, 0.15) is 0 Å². The molecule has 7 heteroatoms. The summed E-state index contributed by atoms with van der Waals surface area (Å²) in [6.45, 7) is 4.46. The lowest BCUT2D eigenvalue weighted by atomic mass is 10.1. The summed E-state index contributed by atoms with van der Waals surface area (Å²) < 4.78 is 10.9. The van der Waals surface area contributed by atoms with Gasteiger partial charge in [-0.05, 0) is 31.5 Å². The first-order valence-electron chi connectivity index (χ1n) is 8.44. The average Bonchev–Trinajstić information content (AvgIpc) is 3.05. The molecule has 0 atom stereocenters. The molecule has 5 nitrogen and oxygen atoms in total. The molecule has 2 aromatic carbocycles. The van der Waals surface area contributed by atoms with Crippen LogP contribution >= 0.6 is 22.9 Å². The molecule has 0 saturated carbocycles. The molecule has 0 saturated heterocycles. The zero-order chi connectivity index (χ0) is 19.2. The summed E-state index contributed by atoms with van der Waals surface area (Å²) in [7, 11) is 1.58. The maximum Gasteiger partial charge on any atom is 0.204 e. The Labute approximate surface area is 167 Å². The van der Waals surface area contributed by atoms with Gasteiger partial charge in [-0.1, -0.05) is 41.9 Å². The van der Waals surface area contributed by atoms with E-state index >= 15 is 0 Å². The third-order valence-electron chi connectivity index (χ3n) is 3.76. The maximum atomic E-state index is 6.28. The fourth-order valence-electron chi connectivity index (χ4n) is 2.57. The van der Waals surface area contributed by atoms with Gasteiger partial charge in [0.05, 0.1) is 30.6 Å². The molecule has 0 spiro atoms. The second-order valence-corrected chi connectivity index (χ2v) is 7.24. The number of aryl methyl sites for hydroxylation is 1. The number of halogens is 1. The Bertz CT molecular complexity index is 942. The summed E-state index contributed by atoms with van der Waals surface area (Å²) in [5, 5.41) is 5.48. The lowest BCUT2D eigenvalue weighted by Crippen LogP contribution is -1.98. The summed E-state index contributed by atoms with van der Waals surface area (Å²) >= 11 is 7.84. The second kappa shape index (κ2) is 8.88. The van der Waals surface area contributed by atoms with E-state index < -0.39 is 0 Å². The molecule has 0 bridgehead atoms. The standard InChI is InChI=1S/C20H20ClN3O2S/c1-4-26-19-16(21)10-14(11-17(19)25-3)12-22-24-20-23-18(13(2)27-20)15-8-6-5-7-9-15/h5-12H,4H2,1-3H3,(H,23,24)/b22-12-. The quantitative estimate of drug-likeness (QED) is 0.412. The Morgan fingerprint density at radius 1 is 1.26 bits per heavy atom.